The fourth-order valence-electron chi connectivity index (χ4n) is 2.88. The van der Waals surface area contributed by atoms with E-state index in [2.05, 4.69) is 10.3 Å². The van der Waals surface area contributed by atoms with Gasteiger partial charge in [0.2, 0.25) is 5.90 Å². The number of ether oxygens (including phenoxy) is 2. The van der Waals surface area contributed by atoms with Crippen molar-refractivity contribution in [1.29, 1.82) is 0 Å². The molecule has 1 amide bonds. The second-order valence-electron chi connectivity index (χ2n) is 5.97. The van der Waals surface area contributed by atoms with Crippen molar-refractivity contribution in [3.63, 3.8) is 0 Å². The topological polar surface area (TPSA) is 59.9 Å². The zero-order chi connectivity index (χ0) is 15.4. The lowest BCUT2D eigenvalue weighted by Gasteiger charge is -2.22. The van der Waals surface area contributed by atoms with Crippen LogP contribution in [0, 0.1) is 0 Å². The fourth-order valence-corrected chi connectivity index (χ4v) is 2.88. The molecule has 0 radical (unpaired) electrons. The van der Waals surface area contributed by atoms with Gasteiger partial charge in [-0.3, -0.25) is 0 Å². The second kappa shape index (κ2) is 6.81. The molecule has 1 atom stereocenters. The van der Waals surface area contributed by atoms with Gasteiger partial charge in [-0.25, -0.2) is 9.79 Å². The second-order valence-corrected chi connectivity index (χ2v) is 5.97. The maximum Gasteiger partial charge on any atom is 0.412 e. The van der Waals surface area contributed by atoms with Gasteiger partial charge in [0.15, 0.2) is 0 Å². The highest BCUT2D eigenvalue weighted by molar-refractivity contribution is 5.95. The highest BCUT2D eigenvalue weighted by atomic mass is 16.6. The molecule has 1 aliphatic heterocycles. The number of carbonyl (C=O) groups excluding carboxylic acids is 1. The first-order chi connectivity index (χ1) is 10.7. The summed E-state index contributed by atoms with van der Waals surface area (Å²) in [5.41, 5.74) is 0.840. The van der Waals surface area contributed by atoms with E-state index in [0.29, 0.717) is 18.2 Å². The summed E-state index contributed by atoms with van der Waals surface area (Å²) < 4.78 is 11.0. The summed E-state index contributed by atoms with van der Waals surface area (Å²) in [6.07, 6.45) is 5.41. The van der Waals surface area contributed by atoms with Crippen LogP contribution in [0.25, 0.3) is 0 Å². The van der Waals surface area contributed by atoms with Crippen LogP contribution in [0.4, 0.5) is 4.79 Å². The number of rotatable bonds is 3. The van der Waals surface area contributed by atoms with Crippen molar-refractivity contribution >= 4 is 12.0 Å². The molecule has 2 aliphatic rings. The molecule has 1 aliphatic carbocycles. The van der Waals surface area contributed by atoms with E-state index in [1.165, 1.54) is 19.3 Å². The number of nitrogens with one attached hydrogen (secondary N) is 1. The minimum absolute atomic E-state index is 0.106. The summed E-state index contributed by atoms with van der Waals surface area (Å²) in [4.78, 5) is 16.3. The van der Waals surface area contributed by atoms with E-state index in [9.17, 15) is 4.79 Å². The summed E-state index contributed by atoms with van der Waals surface area (Å²) in [5.74, 6) is 1.13. The Hall–Kier alpha value is -2.04. The highest BCUT2D eigenvalue weighted by Crippen LogP contribution is 2.20. The van der Waals surface area contributed by atoms with E-state index >= 15 is 0 Å². The van der Waals surface area contributed by atoms with Gasteiger partial charge < -0.3 is 14.8 Å². The molecule has 1 N–H and O–H groups in total. The molecule has 0 spiro atoms. The maximum atomic E-state index is 12.0. The predicted octanol–water partition coefficient (Wildman–Crippen LogP) is 3.27. The van der Waals surface area contributed by atoms with Gasteiger partial charge in [-0.2, -0.15) is 0 Å². The van der Waals surface area contributed by atoms with Crippen LogP contribution in [0.1, 0.15) is 44.6 Å². The van der Waals surface area contributed by atoms with Crippen molar-refractivity contribution in [3.05, 3.63) is 29.8 Å². The number of benzene rings is 1. The van der Waals surface area contributed by atoms with Crippen LogP contribution in [0.3, 0.4) is 0 Å². The number of nitrogens with zero attached hydrogens (tertiary/aromatic N) is 1. The van der Waals surface area contributed by atoms with Crippen LogP contribution in [-0.4, -0.2) is 30.7 Å². The number of hydrogen-bond donors (Lipinski definition) is 1. The van der Waals surface area contributed by atoms with E-state index < -0.39 is 0 Å². The normalized spacial score (nSPS) is 21.9. The lowest BCUT2D eigenvalue weighted by atomic mass is 9.96. The Morgan fingerprint density at radius 1 is 1.32 bits per heavy atom. The highest BCUT2D eigenvalue weighted by Gasteiger charge is 2.19. The molecule has 1 saturated carbocycles. The van der Waals surface area contributed by atoms with Crippen molar-refractivity contribution in [2.75, 3.05) is 6.54 Å². The Morgan fingerprint density at radius 2 is 2.14 bits per heavy atom. The van der Waals surface area contributed by atoms with E-state index in [1.54, 1.807) is 12.1 Å². The zero-order valence-corrected chi connectivity index (χ0v) is 12.9. The zero-order valence-electron chi connectivity index (χ0n) is 12.9. The van der Waals surface area contributed by atoms with Crippen LogP contribution in [0.15, 0.2) is 29.3 Å². The molecule has 3 rings (SSSR count). The predicted molar refractivity (Wildman–Crippen MR) is 84.4 cm³/mol. The third-order valence-corrected chi connectivity index (χ3v) is 4.02. The molecule has 0 bridgehead atoms. The minimum atomic E-state index is -0.383. The first kappa shape index (κ1) is 14.9. The molecular weight excluding hydrogens is 280 g/mol. The van der Waals surface area contributed by atoms with Crippen LogP contribution in [0.5, 0.6) is 5.75 Å². The molecule has 118 valence electrons. The third-order valence-electron chi connectivity index (χ3n) is 4.02. The Morgan fingerprint density at radius 3 is 2.86 bits per heavy atom. The Labute approximate surface area is 130 Å². The quantitative estimate of drug-likeness (QED) is 0.932. The number of amides is 1. The maximum absolute atomic E-state index is 12.0. The molecule has 0 saturated heterocycles. The monoisotopic (exact) mass is 302 g/mol. The van der Waals surface area contributed by atoms with E-state index in [0.717, 1.165) is 18.4 Å². The van der Waals surface area contributed by atoms with Gasteiger partial charge in [-0.1, -0.05) is 25.3 Å². The van der Waals surface area contributed by atoms with Crippen molar-refractivity contribution in [3.8, 4) is 5.75 Å². The average molecular weight is 302 g/mol. The van der Waals surface area contributed by atoms with Gasteiger partial charge in [0.05, 0.1) is 6.54 Å². The van der Waals surface area contributed by atoms with Gasteiger partial charge in [0, 0.05) is 11.6 Å². The van der Waals surface area contributed by atoms with Crippen LogP contribution in [-0.2, 0) is 4.74 Å². The molecular formula is C17H22N2O3. The fraction of sp³-hybridized carbons (Fsp3) is 0.529. The molecule has 0 aromatic heterocycles. The molecule has 5 heteroatoms. The summed E-state index contributed by atoms with van der Waals surface area (Å²) in [6.45, 7) is 2.65. The van der Waals surface area contributed by atoms with Gasteiger partial charge in [-0.05, 0) is 38.0 Å². The SMILES string of the molecule is C[C@@H]1CN=C(c2cccc(OC(=O)NC3CCCCC3)c2)O1. The molecule has 1 fully saturated rings. The summed E-state index contributed by atoms with van der Waals surface area (Å²) in [6, 6.07) is 7.55. The van der Waals surface area contributed by atoms with Crippen LogP contribution in [0.2, 0.25) is 0 Å². The number of aliphatic imine (C=N–C) groups is 1. The average Bonchev–Trinajstić information content (AvgIpc) is 2.95. The first-order valence-electron chi connectivity index (χ1n) is 8.00. The minimum Gasteiger partial charge on any atom is -0.472 e. The summed E-state index contributed by atoms with van der Waals surface area (Å²) in [7, 11) is 0. The van der Waals surface area contributed by atoms with Crippen LogP contribution >= 0.6 is 0 Å². The van der Waals surface area contributed by atoms with Gasteiger partial charge >= 0.3 is 6.09 Å². The van der Waals surface area contributed by atoms with Gasteiger partial charge in [0.25, 0.3) is 0 Å². The van der Waals surface area contributed by atoms with Crippen LogP contribution < -0.4 is 10.1 Å². The third kappa shape index (κ3) is 3.78. The van der Waals surface area contributed by atoms with Gasteiger partial charge in [0.1, 0.15) is 11.9 Å². The molecule has 1 aromatic carbocycles. The smallest absolute Gasteiger partial charge is 0.412 e. The standard InChI is InChI=1S/C17H22N2O3/c1-12-11-18-16(21-12)13-6-5-9-15(10-13)22-17(20)19-14-7-3-2-4-8-14/h5-6,9-10,12,14H,2-4,7-8,11H2,1H3,(H,19,20)/t12-/m1/s1. The van der Waals surface area contributed by atoms with Crippen molar-refractivity contribution in [1.82, 2.24) is 5.32 Å². The van der Waals surface area contributed by atoms with Crippen molar-refractivity contribution < 1.29 is 14.3 Å². The summed E-state index contributed by atoms with van der Waals surface area (Å²) >= 11 is 0. The molecule has 5 nitrogen and oxygen atoms in total. The molecule has 1 heterocycles. The van der Waals surface area contributed by atoms with E-state index in [4.69, 9.17) is 9.47 Å². The summed E-state index contributed by atoms with van der Waals surface area (Å²) in [5, 5.41) is 2.94. The lowest BCUT2D eigenvalue weighted by molar-refractivity contribution is 0.192. The van der Waals surface area contributed by atoms with E-state index in [1.807, 2.05) is 19.1 Å². The van der Waals surface area contributed by atoms with Gasteiger partial charge in [-0.15, -0.1) is 0 Å². The lowest BCUT2D eigenvalue weighted by Crippen LogP contribution is -2.38. The van der Waals surface area contributed by atoms with E-state index in [-0.39, 0.29) is 18.2 Å². The Kier molecular flexibility index (Phi) is 4.61. The van der Waals surface area contributed by atoms with Crippen molar-refractivity contribution in [2.24, 2.45) is 4.99 Å². The number of carbonyl (C=O) groups is 1. The molecule has 1 aromatic rings. The first-order valence-corrected chi connectivity index (χ1v) is 8.00. The Bertz CT molecular complexity index is 565. The largest absolute Gasteiger partial charge is 0.472 e. The Balaban J connectivity index is 1.59. The van der Waals surface area contributed by atoms with Crippen molar-refractivity contribution in [2.45, 2.75) is 51.2 Å². The molecule has 0 unspecified atom stereocenters. The molecule has 22 heavy (non-hydrogen) atoms. The number of hydrogen-bond acceptors (Lipinski definition) is 4.